The average molecular weight is 224 g/mol. The van der Waals surface area contributed by atoms with Gasteiger partial charge in [-0.25, -0.2) is 0 Å². The molecule has 1 aromatic heterocycles. The van der Waals surface area contributed by atoms with Crippen LogP contribution in [0, 0.1) is 6.92 Å². The quantitative estimate of drug-likeness (QED) is 0.784. The molecule has 5 heteroatoms. The second-order valence-corrected chi connectivity index (χ2v) is 3.50. The first-order chi connectivity index (χ1) is 7.22. The van der Waals surface area contributed by atoms with Crippen molar-refractivity contribution in [1.82, 2.24) is 15.0 Å². The summed E-state index contributed by atoms with van der Waals surface area (Å²) in [6.07, 6.45) is 3.25. The normalized spacial score (nSPS) is 10.3. The predicted molar refractivity (Wildman–Crippen MR) is 57.7 cm³/mol. The first kappa shape index (κ1) is 9.98. The molecule has 4 nitrogen and oxygen atoms in total. The monoisotopic (exact) mass is 223 g/mol. The largest absolute Gasteiger partial charge is 0.495 e. The van der Waals surface area contributed by atoms with E-state index in [2.05, 4.69) is 10.2 Å². The van der Waals surface area contributed by atoms with Gasteiger partial charge in [0.25, 0.3) is 0 Å². The van der Waals surface area contributed by atoms with Gasteiger partial charge < -0.3 is 4.74 Å². The topological polar surface area (TPSA) is 39.9 Å². The molecule has 78 valence electrons. The number of aryl methyl sites for hydroxylation is 1. The average Bonchev–Trinajstić information content (AvgIpc) is 2.74. The fourth-order valence-electron chi connectivity index (χ4n) is 1.36. The Labute approximate surface area is 92.4 Å². The highest BCUT2D eigenvalue weighted by Gasteiger charge is 2.08. The van der Waals surface area contributed by atoms with Crippen molar-refractivity contribution in [2.45, 2.75) is 6.92 Å². The van der Waals surface area contributed by atoms with Crippen LogP contribution < -0.4 is 4.74 Å². The van der Waals surface area contributed by atoms with E-state index in [1.54, 1.807) is 25.6 Å². The van der Waals surface area contributed by atoms with E-state index in [1.807, 2.05) is 13.0 Å². The molecule has 0 bridgehead atoms. The Bertz CT molecular complexity index is 468. The Morgan fingerprint density at radius 2 is 1.93 bits per heavy atom. The SMILES string of the molecule is COc1cc(C)c(-n2nccn2)cc1Cl. The van der Waals surface area contributed by atoms with Crippen LogP contribution >= 0.6 is 11.6 Å². The molecule has 2 aromatic rings. The molecular formula is C10H10ClN3O. The zero-order valence-electron chi connectivity index (χ0n) is 8.44. The van der Waals surface area contributed by atoms with Gasteiger partial charge in [-0.1, -0.05) is 11.6 Å². The van der Waals surface area contributed by atoms with Crippen molar-refractivity contribution in [3.63, 3.8) is 0 Å². The molecule has 0 amide bonds. The molecule has 1 heterocycles. The minimum atomic E-state index is 0.551. The Balaban J connectivity index is 2.55. The van der Waals surface area contributed by atoms with Crippen LogP contribution in [0.15, 0.2) is 24.5 Å². The van der Waals surface area contributed by atoms with Crippen LogP contribution in [0.3, 0.4) is 0 Å². The van der Waals surface area contributed by atoms with Gasteiger partial charge in [-0.2, -0.15) is 15.0 Å². The van der Waals surface area contributed by atoms with Gasteiger partial charge in [0.2, 0.25) is 0 Å². The number of benzene rings is 1. The summed E-state index contributed by atoms with van der Waals surface area (Å²) in [7, 11) is 1.59. The molecule has 0 N–H and O–H groups in total. The van der Waals surface area contributed by atoms with E-state index in [4.69, 9.17) is 16.3 Å². The van der Waals surface area contributed by atoms with Crippen LogP contribution in [-0.2, 0) is 0 Å². The number of halogens is 1. The highest BCUT2D eigenvalue weighted by Crippen LogP contribution is 2.28. The maximum absolute atomic E-state index is 6.02. The lowest BCUT2D eigenvalue weighted by Gasteiger charge is -2.08. The number of rotatable bonds is 2. The lowest BCUT2D eigenvalue weighted by molar-refractivity contribution is 0.414. The summed E-state index contributed by atoms with van der Waals surface area (Å²) in [5.74, 6) is 0.657. The third-order valence-electron chi connectivity index (χ3n) is 2.10. The Morgan fingerprint density at radius 3 is 2.53 bits per heavy atom. The summed E-state index contributed by atoms with van der Waals surface area (Å²) in [4.78, 5) is 1.53. The molecule has 0 unspecified atom stereocenters. The molecule has 0 saturated carbocycles. The number of aromatic nitrogens is 3. The third-order valence-corrected chi connectivity index (χ3v) is 2.40. The summed E-state index contributed by atoms with van der Waals surface area (Å²) >= 11 is 6.02. The standard InChI is InChI=1S/C10H10ClN3O/c1-7-5-10(15-2)8(11)6-9(7)14-12-3-4-13-14/h3-6H,1-2H3. The highest BCUT2D eigenvalue weighted by atomic mass is 35.5. The van der Waals surface area contributed by atoms with Crippen molar-refractivity contribution < 1.29 is 4.74 Å². The van der Waals surface area contributed by atoms with Gasteiger partial charge in [-0.3, -0.25) is 0 Å². The van der Waals surface area contributed by atoms with Gasteiger partial charge in [0.05, 0.1) is 30.2 Å². The molecule has 0 fully saturated rings. The Kier molecular flexibility index (Phi) is 2.60. The van der Waals surface area contributed by atoms with E-state index < -0.39 is 0 Å². The molecule has 0 aliphatic carbocycles. The molecule has 1 aromatic carbocycles. The molecule has 0 aliphatic rings. The molecule has 0 spiro atoms. The zero-order valence-corrected chi connectivity index (χ0v) is 9.19. The summed E-state index contributed by atoms with van der Waals surface area (Å²) in [5, 5.41) is 8.65. The van der Waals surface area contributed by atoms with Crippen LogP contribution in [0.1, 0.15) is 5.56 Å². The van der Waals surface area contributed by atoms with Crippen LogP contribution in [0.4, 0.5) is 0 Å². The summed E-state index contributed by atoms with van der Waals surface area (Å²) in [5.41, 5.74) is 1.86. The summed E-state index contributed by atoms with van der Waals surface area (Å²) < 4.78 is 5.12. The lowest BCUT2D eigenvalue weighted by atomic mass is 10.2. The number of hydrogen-bond acceptors (Lipinski definition) is 3. The molecule has 2 rings (SSSR count). The van der Waals surface area contributed by atoms with Gasteiger partial charge in [0.1, 0.15) is 5.75 Å². The molecule has 15 heavy (non-hydrogen) atoms. The van der Waals surface area contributed by atoms with E-state index in [-0.39, 0.29) is 0 Å². The van der Waals surface area contributed by atoms with Crippen LogP contribution in [0.5, 0.6) is 5.75 Å². The van der Waals surface area contributed by atoms with Crippen LogP contribution in [-0.4, -0.2) is 22.1 Å². The lowest BCUT2D eigenvalue weighted by Crippen LogP contribution is -2.01. The van der Waals surface area contributed by atoms with Crippen LogP contribution in [0.25, 0.3) is 5.69 Å². The van der Waals surface area contributed by atoms with E-state index >= 15 is 0 Å². The zero-order chi connectivity index (χ0) is 10.8. The van der Waals surface area contributed by atoms with Gasteiger partial charge in [-0.15, -0.1) is 0 Å². The smallest absolute Gasteiger partial charge is 0.137 e. The Hall–Kier alpha value is -1.55. The van der Waals surface area contributed by atoms with Crippen molar-refractivity contribution >= 4 is 11.6 Å². The molecule has 0 atom stereocenters. The van der Waals surface area contributed by atoms with Crippen molar-refractivity contribution in [3.05, 3.63) is 35.1 Å². The van der Waals surface area contributed by atoms with Gasteiger partial charge in [0.15, 0.2) is 0 Å². The fraction of sp³-hybridized carbons (Fsp3) is 0.200. The summed E-state index contributed by atoms with van der Waals surface area (Å²) in [6, 6.07) is 3.65. The number of nitrogens with zero attached hydrogens (tertiary/aromatic N) is 3. The maximum Gasteiger partial charge on any atom is 0.137 e. The number of hydrogen-bond donors (Lipinski definition) is 0. The third kappa shape index (κ3) is 1.80. The van der Waals surface area contributed by atoms with Crippen LogP contribution in [0.2, 0.25) is 5.02 Å². The van der Waals surface area contributed by atoms with E-state index in [9.17, 15) is 0 Å². The molecule has 0 radical (unpaired) electrons. The number of ether oxygens (including phenoxy) is 1. The van der Waals surface area contributed by atoms with Crippen molar-refractivity contribution in [1.29, 1.82) is 0 Å². The molecular weight excluding hydrogens is 214 g/mol. The van der Waals surface area contributed by atoms with Gasteiger partial charge in [0, 0.05) is 0 Å². The maximum atomic E-state index is 6.02. The highest BCUT2D eigenvalue weighted by molar-refractivity contribution is 6.32. The molecule has 0 aliphatic heterocycles. The van der Waals surface area contributed by atoms with Crippen molar-refractivity contribution in [2.24, 2.45) is 0 Å². The minimum absolute atomic E-state index is 0.551. The van der Waals surface area contributed by atoms with Gasteiger partial charge >= 0.3 is 0 Å². The second-order valence-electron chi connectivity index (χ2n) is 3.09. The van der Waals surface area contributed by atoms with E-state index in [0.29, 0.717) is 10.8 Å². The first-order valence-corrected chi connectivity index (χ1v) is 4.81. The molecule has 0 saturated heterocycles. The Morgan fingerprint density at radius 1 is 1.27 bits per heavy atom. The van der Waals surface area contributed by atoms with Gasteiger partial charge in [-0.05, 0) is 24.6 Å². The first-order valence-electron chi connectivity index (χ1n) is 4.43. The summed E-state index contributed by atoms with van der Waals surface area (Å²) in [6.45, 7) is 1.96. The minimum Gasteiger partial charge on any atom is -0.495 e. The fourth-order valence-corrected chi connectivity index (χ4v) is 1.59. The predicted octanol–water partition coefficient (Wildman–Crippen LogP) is 2.24. The van der Waals surface area contributed by atoms with E-state index in [1.165, 1.54) is 4.80 Å². The van der Waals surface area contributed by atoms with Crippen molar-refractivity contribution in [3.8, 4) is 11.4 Å². The van der Waals surface area contributed by atoms with Crippen molar-refractivity contribution in [2.75, 3.05) is 7.11 Å². The number of methoxy groups -OCH3 is 1. The second kappa shape index (κ2) is 3.90. The van der Waals surface area contributed by atoms with E-state index in [0.717, 1.165) is 11.3 Å².